The van der Waals surface area contributed by atoms with E-state index in [0.717, 1.165) is 60.8 Å². The van der Waals surface area contributed by atoms with E-state index in [0.29, 0.717) is 17.6 Å². The highest BCUT2D eigenvalue weighted by molar-refractivity contribution is 6.37. The van der Waals surface area contributed by atoms with Crippen LogP contribution in [0.25, 0.3) is 116 Å². The van der Waals surface area contributed by atoms with E-state index >= 15 is 0 Å². The number of rotatable bonds is 5. The summed E-state index contributed by atoms with van der Waals surface area (Å²) in [4.78, 5) is 15.6. The van der Waals surface area contributed by atoms with Crippen LogP contribution in [-0.4, -0.2) is 19.5 Å². The normalized spacial score (nSPS) is 11.9. The maximum absolute atomic E-state index is 6.39. The first-order valence-electron chi connectivity index (χ1n) is 18.9. The number of para-hydroxylation sites is 1. The predicted molar refractivity (Wildman–Crippen MR) is 229 cm³/mol. The molecule has 0 amide bonds. The lowest BCUT2D eigenvalue weighted by molar-refractivity contribution is 0.669. The van der Waals surface area contributed by atoms with Crippen molar-refractivity contribution in [1.82, 2.24) is 19.5 Å². The molecule has 260 valence electrons. The third kappa shape index (κ3) is 4.52. The topological polar surface area (TPSA) is 56.7 Å². The average Bonchev–Trinajstić information content (AvgIpc) is 3.83. The highest BCUT2D eigenvalue weighted by atomic mass is 16.3. The summed E-state index contributed by atoms with van der Waals surface area (Å²) in [7, 11) is 0. The lowest BCUT2D eigenvalue weighted by Gasteiger charge is -2.14. The summed E-state index contributed by atoms with van der Waals surface area (Å²) in [6.07, 6.45) is 0. The van der Waals surface area contributed by atoms with Crippen molar-refractivity contribution in [1.29, 1.82) is 0 Å². The number of aromatic nitrogens is 4. The largest absolute Gasteiger partial charge is 0.456 e. The van der Waals surface area contributed by atoms with Gasteiger partial charge in [0.05, 0.1) is 11.0 Å². The van der Waals surface area contributed by atoms with Gasteiger partial charge in [-0.1, -0.05) is 158 Å². The summed E-state index contributed by atoms with van der Waals surface area (Å²) in [5, 5.41) is 9.43. The molecule has 0 atom stereocenters. The molecule has 0 aliphatic heterocycles. The van der Waals surface area contributed by atoms with Crippen LogP contribution in [0.2, 0.25) is 0 Å². The molecule has 12 aromatic rings. The maximum atomic E-state index is 6.39. The Labute approximate surface area is 321 Å². The van der Waals surface area contributed by atoms with Crippen molar-refractivity contribution in [3.05, 3.63) is 182 Å². The molecule has 0 saturated heterocycles. The van der Waals surface area contributed by atoms with Crippen molar-refractivity contribution in [2.75, 3.05) is 0 Å². The van der Waals surface area contributed by atoms with E-state index in [1.54, 1.807) is 0 Å². The van der Waals surface area contributed by atoms with Gasteiger partial charge in [-0.25, -0.2) is 4.98 Å². The standard InChI is InChI=1S/C51H30N4O/c1-3-13-31(14-4-1)32-25-27-34(28-26-32)50-52-49(33-15-5-2-6-16-33)53-51(54-50)55-41-22-11-20-37-35-17-7-8-18-36(35)46-39(29-30-42(55)48(46)47(37)41)38-21-12-24-44-45(38)40-19-9-10-23-43(40)56-44/h1-30H. The van der Waals surface area contributed by atoms with Gasteiger partial charge >= 0.3 is 0 Å². The van der Waals surface area contributed by atoms with Crippen LogP contribution in [-0.2, 0) is 0 Å². The molecule has 0 spiro atoms. The first kappa shape index (κ1) is 30.8. The third-order valence-electron chi connectivity index (χ3n) is 11.2. The van der Waals surface area contributed by atoms with Crippen LogP contribution in [0.15, 0.2) is 186 Å². The van der Waals surface area contributed by atoms with Crippen LogP contribution in [0.4, 0.5) is 0 Å². The molecule has 3 aromatic heterocycles. The Kier molecular flexibility index (Phi) is 6.56. The molecule has 0 saturated carbocycles. The van der Waals surface area contributed by atoms with Crippen LogP contribution < -0.4 is 0 Å². The van der Waals surface area contributed by atoms with Crippen molar-refractivity contribution in [3.63, 3.8) is 0 Å². The molecule has 0 fully saturated rings. The van der Waals surface area contributed by atoms with Crippen molar-refractivity contribution in [2.24, 2.45) is 0 Å². The minimum absolute atomic E-state index is 0.575. The highest BCUT2D eigenvalue weighted by Gasteiger charge is 2.25. The van der Waals surface area contributed by atoms with Crippen LogP contribution in [0, 0.1) is 0 Å². The predicted octanol–water partition coefficient (Wildman–Crippen LogP) is 13.3. The van der Waals surface area contributed by atoms with Gasteiger partial charge < -0.3 is 4.42 Å². The molecule has 3 heterocycles. The fraction of sp³-hybridized carbons (Fsp3) is 0. The Bertz CT molecular complexity index is 3460. The van der Waals surface area contributed by atoms with Crippen LogP contribution in [0.5, 0.6) is 0 Å². The van der Waals surface area contributed by atoms with E-state index in [4.69, 9.17) is 19.4 Å². The van der Waals surface area contributed by atoms with Gasteiger partial charge in [0.15, 0.2) is 11.6 Å². The SMILES string of the molecule is c1ccc(-c2ccc(-c3nc(-c4ccccc4)nc(-n4c5cccc6c7ccccc7c7c(-c8cccc9oc%10ccccc%10c89)ccc4c7c65)n3)cc2)cc1. The van der Waals surface area contributed by atoms with Crippen molar-refractivity contribution >= 4 is 65.3 Å². The van der Waals surface area contributed by atoms with E-state index < -0.39 is 0 Å². The number of benzene rings is 9. The zero-order valence-electron chi connectivity index (χ0n) is 30.0. The van der Waals surface area contributed by atoms with Gasteiger partial charge in [0, 0.05) is 38.1 Å². The second-order valence-corrected chi connectivity index (χ2v) is 14.3. The second kappa shape index (κ2) is 11.9. The Morgan fingerprint density at radius 2 is 0.857 bits per heavy atom. The molecular formula is C51H30N4O. The van der Waals surface area contributed by atoms with Crippen molar-refractivity contribution < 1.29 is 4.42 Å². The molecule has 0 bridgehead atoms. The summed E-state index contributed by atoms with van der Waals surface area (Å²) in [6.45, 7) is 0. The third-order valence-corrected chi connectivity index (χ3v) is 11.2. The molecule has 0 N–H and O–H groups in total. The summed E-state index contributed by atoms with van der Waals surface area (Å²) in [6, 6.07) is 63.7. The van der Waals surface area contributed by atoms with Gasteiger partial charge in [-0.3, -0.25) is 4.57 Å². The fourth-order valence-corrected chi connectivity index (χ4v) is 8.78. The Hall–Kier alpha value is -7.63. The maximum Gasteiger partial charge on any atom is 0.238 e. The Morgan fingerprint density at radius 3 is 1.64 bits per heavy atom. The summed E-state index contributed by atoms with van der Waals surface area (Å²) < 4.78 is 8.62. The van der Waals surface area contributed by atoms with E-state index in [1.807, 2.05) is 36.4 Å². The van der Waals surface area contributed by atoms with Gasteiger partial charge in [0.2, 0.25) is 5.95 Å². The van der Waals surface area contributed by atoms with E-state index in [1.165, 1.54) is 37.9 Å². The summed E-state index contributed by atoms with van der Waals surface area (Å²) >= 11 is 0. The summed E-state index contributed by atoms with van der Waals surface area (Å²) in [5.74, 6) is 1.82. The molecular weight excluding hydrogens is 685 g/mol. The molecule has 5 heteroatoms. The number of hydrogen-bond acceptors (Lipinski definition) is 4. The fourth-order valence-electron chi connectivity index (χ4n) is 8.78. The minimum Gasteiger partial charge on any atom is -0.456 e. The molecule has 9 aromatic carbocycles. The van der Waals surface area contributed by atoms with Gasteiger partial charge in [-0.2, -0.15) is 9.97 Å². The number of furan rings is 1. The smallest absolute Gasteiger partial charge is 0.238 e. The Morgan fingerprint density at radius 1 is 0.321 bits per heavy atom. The monoisotopic (exact) mass is 714 g/mol. The zero-order chi connectivity index (χ0) is 36.7. The average molecular weight is 715 g/mol. The second-order valence-electron chi connectivity index (χ2n) is 14.3. The lowest BCUT2D eigenvalue weighted by Crippen LogP contribution is -2.06. The van der Waals surface area contributed by atoms with Gasteiger partial charge in [-0.15, -0.1) is 0 Å². The van der Waals surface area contributed by atoms with Gasteiger partial charge in [-0.05, 0) is 62.7 Å². The zero-order valence-corrected chi connectivity index (χ0v) is 30.0. The van der Waals surface area contributed by atoms with Gasteiger partial charge in [0.25, 0.3) is 0 Å². The lowest BCUT2D eigenvalue weighted by atomic mass is 9.88. The molecule has 5 nitrogen and oxygen atoms in total. The van der Waals surface area contributed by atoms with Crippen LogP contribution in [0.1, 0.15) is 0 Å². The quantitative estimate of drug-likeness (QED) is 0.167. The number of nitrogens with zero attached hydrogens (tertiary/aromatic N) is 4. The molecule has 0 aliphatic carbocycles. The van der Waals surface area contributed by atoms with E-state index in [2.05, 4.69) is 150 Å². The van der Waals surface area contributed by atoms with Crippen molar-refractivity contribution in [2.45, 2.75) is 0 Å². The first-order valence-corrected chi connectivity index (χ1v) is 18.9. The molecule has 56 heavy (non-hydrogen) atoms. The van der Waals surface area contributed by atoms with Crippen molar-refractivity contribution in [3.8, 4) is 51.0 Å². The minimum atomic E-state index is 0.575. The number of fused-ring (bicyclic) bond motifs is 6. The summed E-state index contributed by atoms with van der Waals surface area (Å²) in [5.41, 5.74) is 10.3. The number of hydrogen-bond donors (Lipinski definition) is 0. The van der Waals surface area contributed by atoms with E-state index in [-0.39, 0.29) is 0 Å². The van der Waals surface area contributed by atoms with Gasteiger partial charge in [0.1, 0.15) is 11.2 Å². The molecule has 0 aliphatic rings. The molecule has 12 rings (SSSR count). The highest BCUT2D eigenvalue weighted by Crippen LogP contribution is 2.48. The van der Waals surface area contributed by atoms with Crippen LogP contribution in [0.3, 0.4) is 0 Å². The van der Waals surface area contributed by atoms with Crippen LogP contribution >= 0.6 is 0 Å². The molecule has 0 unspecified atom stereocenters. The van der Waals surface area contributed by atoms with E-state index in [9.17, 15) is 0 Å². The molecule has 0 radical (unpaired) electrons. The Balaban J connectivity index is 1.16. The first-order chi connectivity index (χ1) is 27.8.